The number of fused-ring (bicyclic) bond motifs is 2. The molecule has 0 atom stereocenters. The van der Waals surface area contributed by atoms with Crippen molar-refractivity contribution in [3.05, 3.63) is 69.3 Å². The van der Waals surface area contributed by atoms with Gasteiger partial charge in [0.15, 0.2) is 11.5 Å². The van der Waals surface area contributed by atoms with Crippen LogP contribution in [0.25, 0.3) is 21.7 Å². The molecule has 186 valence electrons. The van der Waals surface area contributed by atoms with E-state index in [-0.39, 0.29) is 19.6 Å². The predicted octanol–water partition coefficient (Wildman–Crippen LogP) is 5.43. The van der Waals surface area contributed by atoms with Gasteiger partial charge < -0.3 is 23.9 Å². The summed E-state index contributed by atoms with van der Waals surface area (Å²) in [5.74, 6) is 1.93. The molecule has 2 aromatic carbocycles. The average Bonchev–Trinajstić information content (AvgIpc) is 2.85. The van der Waals surface area contributed by atoms with Crippen molar-refractivity contribution in [1.82, 2.24) is 9.97 Å². The smallest absolute Gasteiger partial charge is 0.252 e. The zero-order chi connectivity index (χ0) is 24.2. The second kappa shape index (κ2) is 11.2. The van der Waals surface area contributed by atoms with Crippen molar-refractivity contribution in [2.75, 3.05) is 28.4 Å². The first-order valence-corrected chi connectivity index (χ1v) is 11.3. The van der Waals surface area contributed by atoms with Crippen LogP contribution in [0.3, 0.4) is 0 Å². The summed E-state index contributed by atoms with van der Waals surface area (Å²) in [4.78, 5) is 21.2. The minimum Gasteiger partial charge on any atom is -0.497 e. The van der Waals surface area contributed by atoms with Gasteiger partial charge in [-0.15, -0.1) is 0 Å². The average molecular weight is 479 g/mol. The number of methoxy groups -OCH3 is 4. The molecular formula is C28H34N2O5. The van der Waals surface area contributed by atoms with E-state index in [1.165, 1.54) is 0 Å². The minimum absolute atomic E-state index is 0. The van der Waals surface area contributed by atoms with Gasteiger partial charge in [0.1, 0.15) is 5.75 Å². The molecule has 0 spiro atoms. The summed E-state index contributed by atoms with van der Waals surface area (Å²) in [6, 6.07) is 11.7. The van der Waals surface area contributed by atoms with Crippen molar-refractivity contribution in [3.63, 3.8) is 0 Å². The fraction of sp³-hybridized carbons (Fsp3) is 0.357. The van der Waals surface area contributed by atoms with Crippen molar-refractivity contribution < 1.29 is 18.9 Å². The number of hydrogen-bond donors (Lipinski definition) is 1. The number of aromatic amines is 1. The lowest BCUT2D eigenvalue weighted by molar-refractivity contribution is 0.182. The summed E-state index contributed by atoms with van der Waals surface area (Å²) in [5, 5.41) is 2.65. The van der Waals surface area contributed by atoms with E-state index in [0.717, 1.165) is 51.5 Å². The number of nitrogens with zero attached hydrogens (tertiary/aromatic N) is 1. The van der Waals surface area contributed by atoms with Crippen molar-refractivity contribution in [2.24, 2.45) is 0 Å². The van der Waals surface area contributed by atoms with Gasteiger partial charge in [0, 0.05) is 35.6 Å². The second-order valence-corrected chi connectivity index (χ2v) is 8.18. The van der Waals surface area contributed by atoms with E-state index in [2.05, 4.69) is 18.0 Å². The van der Waals surface area contributed by atoms with Gasteiger partial charge in [-0.2, -0.15) is 0 Å². The Morgan fingerprint density at radius 3 is 2.26 bits per heavy atom. The quantitative estimate of drug-likeness (QED) is 0.346. The van der Waals surface area contributed by atoms with Gasteiger partial charge in [-0.05, 0) is 53.8 Å². The zero-order valence-corrected chi connectivity index (χ0v) is 20.3. The van der Waals surface area contributed by atoms with Crippen LogP contribution < -0.4 is 19.8 Å². The monoisotopic (exact) mass is 478 g/mol. The topological polar surface area (TPSA) is 82.7 Å². The number of H-pyrrole nitrogens is 1. The molecule has 0 saturated heterocycles. The molecular weight excluding hydrogens is 444 g/mol. The summed E-state index contributed by atoms with van der Waals surface area (Å²) >= 11 is 0. The lowest BCUT2D eigenvalue weighted by atomic mass is 9.95. The molecule has 1 N–H and O–H groups in total. The first-order chi connectivity index (χ1) is 16.5. The summed E-state index contributed by atoms with van der Waals surface area (Å²) in [5.41, 5.74) is 4.12. The summed E-state index contributed by atoms with van der Waals surface area (Å²) in [7, 11) is 6.44. The number of ether oxygens (including phenoxy) is 4. The Labute approximate surface area is 206 Å². The first-order valence-electron chi connectivity index (χ1n) is 11.3. The highest BCUT2D eigenvalue weighted by molar-refractivity contribution is 5.91. The molecule has 4 aromatic rings. The van der Waals surface area contributed by atoms with Crippen LogP contribution in [0.15, 0.2) is 41.2 Å². The molecule has 35 heavy (non-hydrogen) atoms. The van der Waals surface area contributed by atoms with Gasteiger partial charge in [0.25, 0.3) is 5.56 Å². The third-order valence-corrected chi connectivity index (χ3v) is 6.05. The summed E-state index contributed by atoms with van der Waals surface area (Å²) in [6.07, 6.45) is 2.21. The van der Waals surface area contributed by atoms with E-state index in [1.54, 1.807) is 28.4 Å². The van der Waals surface area contributed by atoms with Gasteiger partial charge in [-0.3, -0.25) is 9.78 Å². The van der Waals surface area contributed by atoms with Crippen LogP contribution in [0.2, 0.25) is 0 Å². The van der Waals surface area contributed by atoms with Gasteiger partial charge in [0.2, 0.25) is 0 Å². The number of rotatable bonds is 9. The highest BCUT2D eigenvalue weighted by Gasteiger charge is 2.18. The molecule has 0 bridgehead atoms. The van der Waals surface area contributed by atoms with Crippen LogP contribution in [-0.4, -0.2) is 38.4 Å². The van der Waals surface area contributed by atoms with E-state index >= 15 is 0 Å². The highest BCUT2D eigenvalue weighted by Crippen LogP contribution is 2.35. The lowest BCUT2D eigenvalue weighted by Crippen LogP contribution is -2.17. The largest absolute Gasteiger partial charge is 0.497 e. The number of hydrogen-bond acceptors (Lipinski definition) is 6. The first kappa shape index (κ1) is 26.0. The number of aryl methyl sites for hydroxylation is 1. The molecule has 0 aliphatic rings. The maximum atomic E-state index is 13.3. The molecule has 0 aliphatic carbocycles. The Bertz CT molecular complexity index is 1390. The van der Waals surface area contributed by atoms with Gasteiger partial charge in [-0.1, -0.05) is 20.8 Å². The van der Waals surface area contributed by atoms with Crippen molar-refractivity contribution in [1.29, 1.82) is 0 Å². The van der Waals surface area contributed by atoms with Crippen LogP contribution in [0.5, 0.6) is 17.2 Å². The molecule has 0 aliphatic heterocycles. The maximum absolute atomic E-state index is 13.3. The van der Waals surface area contributed by atoms with Crippen LogP contribution in [0.4, 0.5) is 0 Å². The zero-order valence-electron chi connectivity index (χ0n) is 20.3. The number of aromatic nitrogens is 2. The SMILES string of the molecule is C.CCCc1nc2ccc(OC)cc2cc1Cc1c(=O)[nH]c(COC)c2cc(OC)c(OC)cc12. The fourth-order valence-corrected chi connectivity index (χ4v) is 4.38. The van der Waals surface area contributed by atoms with E-state index in [4.69, 9.17) is 23.9 Å². The Morgan fingerprint density at radius 2 is 1.63 bits per heavy atom. The van der Waals surface area contributed by atoms with Crippen molar-refractivity contribution in [2.45, 2.75) is 40.2 Å². The normalized spacial score (nSPS) is 10.9. The van der Waals surface area contributed by atoms with Crippen LogP contribution in [0, 0.1) is 0 Å². The summed E-state index contributed by atoms with van der Waals surface area (Å²) < 4.78 is 21.8. The lowest BCUT2D eigenvalue weighted by Gasteiger charge is -2.16. The van der Waals surface area contributed by atoms with E-state index < -0.39 is 0 Å². The van der Waals surface area contributed by atoms with E-state index in [1.807, 2.05) is 30.3 Å². The molecule has 0 radical (unpaired) electrons. The fourth-order valence-electron chi connectivity index (χ4n) is 4.38. The Balaban J connectivity index is 0.00000342. The number of pyridine rings is 2. The van der Waals surface area contributed by atoms with Crippen molar-refractivity contribution >= 4 is 21.7 Å². The number of benzene rings is 2. The van der Waals surface area contributed by atoms with Crippen LogP contribution >= 0.6 is 0 Å². The Morgan fingerprint density at radius 1 is 0.914 bits per heavy atom. The summed E-state index contributed by atoms with van der Waals surface area (Å²) in [6.45, 7) is 2.41. The van der Waals surface area contributed by atoms with Gasteiger partial charge >= 0.3 is 0 Å². The molecule has 7 nitrogen and oxygen atoms in total. The van der Waals surface area contributed by atoms with Crippen molar-refractivity contribution in [3.8, 4) is 17.2 Å². The van der Waals surface area contributed by atoms with Crippen LogP contribution in [0.1, 0.15) is 43.3 Å². The Kier molecular flexibility index (Phi) is 8.35. The third-order valence-electron chi connectivity index (χ3n) is 6.05. The molecule has 0 unspecified atom stereocenters. The van der Waals surface area contributed by atoms with Crippen LogP contribution in [-0.2, 0) is 24.2 Å². The predicted molar refractivity (Wildman–Crippen MR) is 140 cm³/mol. The molecule has 2 heterocycles. The third kappa shape index (κ3) is 5.10. The maximum Gasteiger partial charge on any atom is 0.252 e. The molecule has 0 saturated carbocycles. The molecule has 2 aromatic heterocycles. The van der Waals surface area contributed by atoms with Gasteiger partial charge in [-0.25, -0.2) is 0 Å². The minimum atomic E-state index is -0.153. The molecule has 0 amide bonds. The molecule has 7 heteroatoms. The number of nitrogens with one attached hydrogen (secondary N) is 1. The van der Waals surface area contributed by atoms with E-state index in [0.29, 0.717) is 29.2 Å². The highest BCUT2D eigenvalue weighted by atomic mass is 16.5. The molecule has 0 fully saturated rings. The Hall–Kier alpha value is -3.58. The van der Waals surface area contributed by atoms with Gasteiger partial charge in [0.05, 0.1) is 39.1 Å². The van der Waals surface area contributed by atoms with E-state index in [9.17, 15) is 4.79 Å². The second-order valence-electron chi connectivity index (χ2n) is 8.18. The molecule has 4 rings (SSSR count). The standard InChI is InChI=1S/C27H30N2O5.CH4/c1-6-7-22-17(10-16-11-18(32-3)8-9-23(16)28-22)12-21-19-13-25(33-4)26(34-5)14-20(19)24(15-31-2)29-27(21)30;/h8-11,13-14H,6-7,12,15H2,1-5H3,(H,29,30);1H4.